The molecule has 3 aromatic rings. The third-order valence-corrected chi connectivity index (χ3v) is 7.10. The number of benzene rings is 2. The molecule has 0 aliphatic carbocycles. The highest BCUT2D eigenvalue weighted by Gasteiger charge is 2.39. The predicted molar refractivity (Wildman–Crippen MR) is 102 cm³/mol. The average molecular weight is 385 g/mol. The molecule has 140 valence electrons. The van der Waals surface area contributed by atoms with E-state index in [0.717, 1.165) is 22.2 Å². The molecule has 0 fully saturated rings. The summed E-state index contributed by atoms with van der Waals surface area (Å²) < 4.78 is 28.0. The molecule has 0 saturated carbocycles. The van der Waals surface area contributed by atoms with Crippen LogP contribution in [0.4, 0.5) is 5.69 Å². The van der Waals surface area contributed by atoms with Gasteiger partial charge in [-0.05, 0) is 30.5 Å². The fourth-order valence-electron chi connectivity index (χ4n) is 3.94. The first-order chi connectivity index (χ1) is 12.9. The number of fused-ring (bicyclic) bond motifs is 3. The van der Waals surface area contributed by atoms with Crippen molar-refractivity contribution in [3.8, 4) is 0 Å². The largest absolute Gasteiger partial charge is 0.357 e. The predicted octanol–water partition coefficient (Wildman–Crippen LogP) is 3.77. The molecule has 7 nitrogen and oxygen atoms in total. The molecule has 8 heteroatoms. The Kier molecular flexibility index (Phi) is 4.24. The molecule has 0 bridgehead atoms. The third-order valence-electron chi connectivity index (χ3n) is 5.14. The number of nitro groups is 1. The van der Waals surface area contributed by atoms with Crippen LogP contribution in [-0.4, -0.2) is 29.2 Å². The van der Waals surface area contributed by atoms with E-state index in [0.29, 0.717) is 19.4 Å². The first-order valence-electron chi connectivity index (χ1n) is 8.80. The van der Waals surface area contributed by atoms with Crippen LogP contribution in [-0.2, 0) is 16.4 Å². The Balaban J connectivity index is 1.84. The zero-order chi connectivity index (χ0) is 19.2. The number of sulfonamides is 1. The van der Waals surface area contributed by atoms with E-state index in [4.69, 9.17) is 0 Å². The Morgan fingerprint density at radius 2 is 1.89 bits per heavy atom. The van der Waals surface area contributed by atoms with Crippen LogP contribution in [0.25, 0.3) is 10.9 Å². The molecule has 0 spiro atoms. The minimum absolute atomic E-state index is 0.256. The summed E-state index contributed by atoms with van der Waals surface area (Å²) in [5, 5.41) is 12.4. The minimum Gasteiger partial charge on any atom is -0.357 e. The molecule has 27 heavy (non-hydrogen) atoms. The number of aromatic amines is 1. The molecule has 2 heterocycles. The second-order valence-electron chi connectivity index (χ2n) is 6.58. The van der Waals surface area contributed by atoms with E-state index < -0.39 is 20.6 Å². The molecular formula is C19H19N3O4S. The highest BCUT2D eigenvalue weighted by molar-refractivity contribution is 7.89. The summed E-state index contributed by atoms with van der Waals surface area (Å²) >= 11 is 0. The molecule has 0 amide bonds. The van der Waals surface area contributed by atoms with Crippen LogP contribution in [0.15, 0.2) is 53.4 Å². The first kappa shape index (κ1) is 17.7. The molecule has 1 N–H and O–H groups in total. The van der Waals surface area contributed by atoms with E-state index in [-0.39, 0.29) is 10.9 Å². The van der Waals surface area contributed by atoms with E-state index in [1.54, 1.807) is 0 Å². The van der Waals surface area contributed by atoms with Crippen molar-refractivity contribution in [1.82, 2.24) is 9.29 Å². The highest BCUT2D eigenvalue weighted by Crippen LogP contribution is 2.40. The van der Waals surface area contributed by atoms with Crippen molar-refractivity contribution in [3.05, 3.63) is 69.9 Å². The smallest absolute Gasteiger partial charge is 0.289 e. The standard InChI is InChI=1S/C19H19N3O4S/c1-2-16-19-14(13-7-3-4-8-15(13)20-19)11-12-21(16)27(25,26)18-10-6-5-9-17(18)22(23)24/h3-10,16,20H,2,11-12H2,1H3. The highest BCUT2D eigenvalue weighted by atomic mass is 32.2. The third kappa shape index (κ3) is 2.72. The van der Waals surface area contributed by atoms with Crippen molar-refractivity contribution in [2.75, 3.05) is 6.54 Å². The maximum Gasteiger partial charge on any atom is 0.289 e. The van der Waals surface area contributed by atoms with E-state index in [9.17, 15) is 18.5 Å². The lowest BCUT2D eigenvalue weighted by Gasteiger charge is -2.34. The summed E-state index contributed by atoms with van der Waals surface area (Å²) in [4.78, 5) is 13.8. The number of aromatic nitrogens is 1. The normalized spacial score (nSPS) is 17.7. The second kappa shape index (κ2) is 6.47. The molecule has 1 aliphatic rings. The van der Waals surface area contributed by atoms with Gasteiger partial charge in [-0.1, -0.05) is 37.3 Å². The van der Waals surface area contributed by atoms with Crippen LogP contribution >= 0.6 is 0 Å². The number of rotatable bonds is 4. The zero-order valence-corrected chi connectivity index (χ0v) is 15.6. The number of para-hydroxylation sites is 2. The monoisotopic (exact) mass is 385 g/mol. The SMILES string of the molecule is CCC1c2[nH]c3ccccc3c2CCN1S(=O)(=O)c1ccccc1[N+](=O)[O-]. The fourth-order valence-corrected chi connectivity index (χ4v) is 5.78. The maximum absolute atomic E-state index is 13.3. The number of H-pyrrole nitrogens is 1. The fraction of sp³-hybridized carbons (Fsp3) is 0.263. The Morgan fingerprint density at radius 1 is 1.19 bits per heavy atom. The minimum atomic E-state index is -4.01. The second-order valence-corrected chi connectivity index (χ2v) is 8.44. The number of nitrogens with zero attached hydrogens (tertiary/aromatic N) is 2. The average Bonchev–Trinajstić information content (AvgIpc) is 3.06. The van der Waals surface area contributed by atoms with E-state index in [1.165, 1.54) is 28.6 Å². The van der Waals surface area contributed by atoms with Gasteiger partial charge in [0.15, 0.2) is 4.90 Å². The van der Waals surface area contributed by atoms with Gasteiger partial charge in [-0.15, -0.1) is 0 Å². The van der Waals surface area contributed by atoms with Crippen molar-refractivity contribution in [2.45, 2.75) is 30.7 Å². The molecule has 2 aromatic carbocycles. The van der Waals surface area contributed by atoms with Gasteiger partial charge in [-0.2, -0.15) is 4.31 Å². The van der Waals surface area contributed by atoms with Crippen LogP contribution in [0.3, 0.4) is 0 Å². The summed E-state index contributed by atoms with van der Waals surface area (Å²) in [6.45, 7) is 2.22. The Bertz CT molecular complexity index is 1140. The Morgan fingerprint density at radius 3 is 2.63 bits per heavy atom. The van der Waals surface area contributed by atoms with Crippen molar-refractivity contribution in [2.24, 2.45) is 0 Å². The van der Waals surface area contributed by atoms with Crippen LogP contribution in [0.2, 0.25) is 0 Å². The van der Waals surface area contributed by atoms with Gasteiger partial charge in [0.25, 0.3) is 15.7 Å². The van der Waals surface area contributed by atoms with Gasteiger partial charge in [0, 0.05) is 29.2 Å². The number of hydrogen-bond donors (Lipinski definition) is 1. The quantitative estimate of drug-likeness (QED) is 0.546. The molecule has 1 unspecified atom stereocenters. The van der Waals surface area contributed by atoms with E-state index in [2.05, 4.69) is 4.98 Å². The van der Waals surface area contributed by atoms with E-state index in [1.807, 2.05) is 31.2 Å². The van der Waals surface area contributed by atoms with Gasteiger partial charge in [-0.25, -0.2) is 8.42 Å². The van der Waals surface area contributed by atoms with Crippen molar-refractivity contribution in [3.63, 3.8) is 0 Å². The van der Waals surface area contributed by atoms with E-state index >= 15 is 0 Å². The van der Waals surface area contributed by atoms with Crippen LogP contribution in [0, 0.1) is 10.1 Å². The van der Waals surface area contributed by atoms with Gasteiger partial charge in [0.1, 0.15) is 0 Å². The number of hydrogen-bond acceptors (Lipinski definition) is 4. The van der Waals surface area contributed by atoms with Gasteiger partial charge < -0.3 is 4.98 Å². The van der Waals surface area contributed by atoms with Crippen LogP contribution in [0.1, 0.15) is 30.6 Å². The lowest BCUT2D eigenvalue weighted by atomic mass is 9.98. The van der Waals surface area contributed by atoms with Crippen LogP contribution in [0.5, 0.6) is 0 Å². The summed E-state index contributed by atoms with van der Waals surface area (Å²) in [6.07, 6.45) is 1.13. The number of nitro benzene ring substituents is 1. The molecular weight excluding hydrogens is 366 g/mol. The summed E-state index contributed by atoms with van der Waals surface area (Å²) in [7, 11) is -4.01. The van der Waals surface area contributed by atoms with Gasteiger partial charge >= 0.3 is 0 Å². The summed E-state index contributed by atoms with van der Waals surface area (Å²) in [6, 6.07) is 13.0. The Labute approximate surface area is 156 Å². The topological polar surface area (TPSA) is 96.3 Å². The van der Waals surface area contributed by atoms with Crippen molar-refractivity contribution in [1.29, 1.82) is 0 Å². The van der Waals surface area contributed by atoms with Crippen molar-refractivity contribution >= 4 is 26.6 Å². The number of nitrogens with one attached hydrogen (secondary N) is 1. The molecule has 1 aromatic heterocycles. The maximum atomic E-state index is 13.3. The van der Waals surface area contributed by atoms with Crippen molar-refractivity contribution < 1.29 is 13.3 Å². The Hall–Kier alpha value is -2.71. The lowest BCUT2D eigenvalue weighted by molar-refractivity contribution is -0.387. The van der Waals surface area contributed by atoms with Crippen LogP contribution < -0.4 is 0 Å². The summed E-state index contributed by atoms with van der Waals surface area (Å²) in [5.74, 6) is 0. The van der Waals surface area contributed by atoms with Gasteiger partial charge in [0.05, 0.1) is 11.0 Å². The lowest BCUT2D eigenvalue weighted by Crippen LogP contribution is -2.40. The summed E-state index contributed by atoms with van der Waals surface area (Å²) in [5.41, 5.74) is 2.60. The molecule has 4 rings (SSSR count). The van der Waals surface area contributed by atoms with Gasteiger partial charge in [0.2, 0.25) is 0 Å². The zero-order valence-electron chi connectivity index (χ0n) is 14.8. The molecule has 0 saturated heterocycles. The molecule has 1 aliphatic heterocycles. The molecule has 1 atom stereocenters. The molecule has 0 radical (unpaired) electrons. The van der Waals surface area contributed by atoms with Gasteiger partial charge in [-0.3, -0.25) is 10.1 Å². The first-order valence-corrected chi connectivity index (χ1v) is 10.2.